The molecule has 0 amide bonds. The lowest BCUT2D eigenvalue weighted by Gasteiger charge is -2.15. The van der Waals surface area contributed by atoms with E-state index < -0.39 is 0 Å². The van der Waals surface area contributed by atoms with E-state index >= 15 is 0 Å². The van der Waals surface area contributed by atoms with Crippen LogP contribution in [0, 0.1) is 0 Å². The fourth-order valence-corrected chi connectivity index (χ4v) is 1.50. The Hall–Kier alpha value is -1.50. The first-order valence-corrected chi connectivity index (χ1v) is 5.55. The highest BCUT2D eigenvalue weighted by Gasteiger charge is 2.12. The van der Waals surface area contributed by atoms with Crippen LogP contribution < -0.4 is 14.8 Å². The Balaban J connectivity index is 2.82. The van der Waals surface area contributed by atoms with E-state index in [1.807, 2.05) is 0 Å². The molecule has 1 aromatic carbocycles. The summed E-state index contributed by atoms with van der Waals surface area (Å²) in [6, 6.07) is 2.95. The number of nitrogens with one attached hydrogen (secondary N) is 1. The van der Waals surface area contributed by atoms with Crippen LogP contribution in [0.4, 0.5) is 0 Å². The number of ether oxygens (including phenoxy) is 2. The second-order valence-corrected chi connectivity index (χ2v) is 3.79. The summed E-state index contributed by atoms with van der Waals surface area (Å²) in [6.07, 6.45) is 0. The lowest BCUT2D eigenvalue weighted by atomic mass is 10.1. The van der Waals surface area contributed by atoms with Gasteiger partial charge >= 0.3 is 0 Å². The quantitative estimate of drug-likeness (QED) is 0.543. The van der Waals surface area contributed by atoms with E-state index in [1.54, 1.807) is 12.1 Å². The molecule has 6 heteroatoms. The van der Waals surface area contributed by atoms with Gasteiger partial charge in [-0.15, -0.1) is 0 Å². The number of aromatic hydroxyl groups is 1. The number of phenols is 1. The zero-order valence-electron chi connectivity index (χ0n) is 10.5. The van der Waals surface area contributed by atoms with Crippen molar-refractivity contribution in [3.05, 3.63) is 17.7 Å². The molecule has 0 fully saturated rings. The zero-order valence-corrected chi connectivity index (χ0v) is 10.5. The van der Waals surface area contributed by atoms with Gasteiger partial charge in [-0.3, -0.25) is 0 Å². The van der Waals surface area contributed by atoms with Crippen LogP contribution >= 0.6 is 0 Å². The van der Waals surface area contributed by atoms with Crippen molar-refractivity contribution in [1.29, 1.82) is 0 Å². The standard InChI is InChI=1S/C12H19NO5/c1-17-10-3-8(4-11(18-2)12(10)16)5-13-9(6-14)7-15/h3-4,9,13-16H,5-7H2,1-2H3. The first-order valence-electron chi connectivity index (χ1n) is 5.55. The predicted octanol–water partition coefficient (Wildman–Crippen LogP) is -0.148. The molecule has 1 aromatic rings. The third-order valence-electron chi connectivity index (χ3n) is 2.58. The molecule has 0 spiro atoms. The molecular formula is C12H19NO5. The van der Waals surface area contributed by atoms with Crippen LogP contribution in [0.25, 0.3) is 0 Å². The molecule has 0 aliphatic heterocycles. The normalized spacial score (nSPS) is 10.7. The highest BCUT2D eigenvalue weighted by atomic mass is 16.5. The fraction of sp³-hybridized carbons (Fsp3) is 0.500. The summed E-state index contributed by atoms with van der Waals surface area (Å²) in [6.45, 7) is 0.116. The molecule has 0 heterocycles. The summed E-state index contributed by atoms with van der Waals surface area (Å²) in [4.78, 5) is 0. The molecule has 0 saturated heterocycles. The monoisotopic (exact) mass is 257 g/mol. The maximum atomic E-state index is 9.73. The average Bonchev–Trinajstić information content (AvgIpc) is 2.41. The minimum Gasteiger partial charge on any atom is -0.502 e. The summed E-state index contributed by atoms with van der Waals surface area (Å²) in [5.74, 6) is 0.580. The van der Waals surface area contributed by atoms with Gasteiger partial charge in [-0.05, 0) is 17.7 Å². The van der Waals surface area contributed by atoms with E-state index in [1.165, 1.54) is 14.2 Å². The molecule has 0 radical (unpaired) electrons. The zero-order chi connectivity index (χ0) is 13.5. The van der Waals surface area contributed by atoms with Crippen LogP contribution in [0.3, 0.4) is 0 Å². The van der Waals surface area contributed by atoms with E-state index in [-0.39, 0.29) is 25.0 Å². The van der Waals surface area contributed by atoms with E-state index in [2.05, 4.69) is 5.32 Å². The van der Waals surface area contributed by atoms with Gasteiger partial charge in [0.05, 0.1) is 33.5 Å². The Morgan fingerprint density at radius 2 is 1.61 bits per heavy atom. The molecule has 0 aliphatic rings. The Morgan fingerprint density at radius 3 is 2.00 bits per heavy atom. The van der Waals surface area contributed by atoms with Gasteiger partial charge in [-0.25, -0.2) is 0 Å². The van der Waals surface area contributed by atoms with Crippen LogP contribution in [0.15, 0.2) is 12.1 Å². The maximum Gasteiger partial charge on any atom is 0.200 e. The molecular weight excluding hydrogens is 238 g/mol. The summed E-state index contributed by atoms with van der Waals surface area (Å²) >= 11 is 0. The molecule has 6 nitrogen and oxygen atoms in total. The van der Waals surface area contributed by atoms with Crippen molar-refractivity contribution in [2.75, 3.05) is 27.4 Å². The lowest BCUT2D eigenvalue weighted by molar-refractivity contribution is 0.170. The number of methoxy groups -OCH3 is 2. The Labute approximate surface area is 106 Å². The molecule has 0 atom stereocenters. The topological polar surface area (TPSA) is 91.2 Å². The molecule has 0 saturated carbocycles. The highest BCUT2D eigenvalue weighted by Crippen LogP contribution is 2.36. The van der Waals surface area contributed by atoms with Crippen molar-refractivity contribution in [3.8, 4) is 17.2 Å². The second kappa shape index (κ2) is 7.05. The van der Waals surface area contributed by atoms with Crippen molar-refractivity contribution >= 4 is 0 Å². The van der Waals surface area contributed by atoms with Gasteiger partial charge in [0.15, 0.2) is 11.5 Å². The van der Waals surface area contributed by atoms with Gasteiger partial charge in [-0.2, -0.15) is 0 Å². The third-order valence-corrected chi connectivity index (χ3v) is 2.58. The molecule has 1 rings (SSSR count). The summed E-state index contributed by atoms with van der Waals surface area (Å²) < 4.78 is 10.1. The summed E-state index contributed by atoms with van der Waals surface area (Å²) in [5.41, 5.74) is 0.813. The van der Waals surface area contributed by atoms with E-state index in [0.29, 0.717) is 18.0 Å². The van der Waals surface area contributed by atoms with Crippen molar-refractivity contribution in [3.63, 3.8) is 0 Å². The van der Waals surface area contributed by atoms with Crippen molar-refractivity contribution in [1.82, 2.24) is 5.32 Å². The molecule has 0 unspecified atom stereocenters. The predicted molar refractivity (Wildman–Crippen MR) is 66.0 cm³/mol. The molecule has 0 aliphatic carbocycles. The van der Waals surface area contributed by atoms with Gasteiger partial charge in [0.1, 0.15) is 0 Å². The first-order chi connectivity index (χ1) is 8.65. The van der Waals surface area contributed by atoms with Crippen LogP contribution in [-0.4, -0.2) is 48.8 Å². The van der Waals surface area contributed by atoms with Crippen LogP contribution in [0.1, 0.15) is 5.56 Å². The molecule has 102 valence electrons. The fourth-order valence-electron chi connectivity index (χ4n) is 1.50. The smallest absolute Gasteiger partial charge is 0.200 e. The van der Waals surface area contributed by atoms with Gasteiger partial charge in [0.2, 0.25) is 5.75 Å². The lowest BCUT2D eigenvalue weighted by Crippen LogP contribution is -2.35. The van der Waals surface area contributed by atoms with E-state index in [4.69, 9.17) is 19.7 Å². The minimum atomic E-state index is -0.379. The van der Waals surface area contributed by atoms with E-state index in [9.17, 15) is 5.11 Å². The van der Waals surface area contributed by atoms with E-state index in [0.717, 1.165) is 5.56 Å². The van der Waals surface area contributed by atoms with Crippen molar-refractivity contribution < 1.29 is 24.8 Å². The average molecular weight is 257 g/mol. The number of hydrogen-bond donors (Lipinski definition) is 4. The van der Waals surface area contributed by atoms with Crippen molar-refractivity contribution in [2.45, 2.75) is 12.6 Å². The number of benzene rings is 1. The number of aliphatic hydroxyl groups excluding tert-OH is 2. The Bertz CT molecular complexity index is 354. The number of aliphatic hydroxyl groups is 2. The van der Waals surface area contributed by atoms with Crippen LogP contribution in [-0.2, 0) is 6.54 Å². The van der Waals surface area contributed by atoms with Gasteiger partial charge in [-0.1, -0.05) is 0 Å². The third kappa shape index (κ3) is 3.49. The summed E-state index contributed by atoms with van der Waals surface area (Å²) in [5, 5.41) is 30.6. The Kier molecular flexibility index (Phi) is 5.70. The van der Waals surface area contributed by atoms with Gasteiger partial charge in [0, 0.05) is 6.54 Å². The highest BCUT2D eigenvalue weighted by molar-refractivity contribution is 5.52. The molecule has 4 N–H and O–H groups in total. The molecule has 18 heavy (non-hydrogen) atoms. The minimum absolute atomic E-state index is 0.0513. The summed E-state index contributed by atoms with van der Waals surface area (Å²) in [7, 11) is 2.91. The maximum absolute atomic E-state index is 9.73. The van der Waals surface area contributed by atoms with Gasteiger partial charge < -0.3 is 30.1 Å². The van der Waals surface area contributed by atoms with Gasteiger partial charge in [0.25, 0.3) is 0 Å². The largest absolute Gasteiger partial charge is 0.502 e. The van der Waals surface area contributed by atoms with Crippen LogP contribution in [0.2, 0.25) is 0 Å². The Morgan fingerprint density at radius 1 is 1.11 bits per heavy atom. The number of hydrogen-bond acceptors (Lipinski definition) is 6. The first kappa shape index (κ1) is 14.6. The molecule has 0 bridgehead atoms. The SMILES string of the molecule is COc1cc(CNC(CO)CO)cc(OC)c1O. The van der Waals surface area contributed by atoms with Crippen molar-refractivity contribution in [2.24, 2.45) is 0 Å². The second-order valence-electron chi connectivity index (χ2n) is 3.79. The molecule has 0 aromatic heterocycles. The number of phenolic OH excluding ortho intramolecular Hbond substituents is 1. The number of rotatable bonds is 7. The van der Waals surface area contributed by atoms with Crippen LogP contribution in [0.5, 0.6) is 17.2 Å².